The van der Waals surface area contributed by atoms with E-state index < -0.39 is 23.2 Å². The fourth-order valence-electron chi connectivity index (χ4n) is 3.19. The lowest BCUT2D eigenvalue weighted by Gasteiger charge is -2.18. The molecule has 0 radical (unpaired) electrons. The van der Waals surface area contributed by atoms with Crippen molar-refractivity contribution in [3.63, 3.8) is 0 Å². The number of carbonyl (C=O) groups is 3. The number of hydrogen-bond acceptors (Lipinski definition) is 5. The molecule has 9 heteroatoms. The highest BCUT2D eigenvalue weighted by atomic mass is 35.5. The molecule has 0 bridgehead atoms. The van der Waals surface area contributed by atoms with Crippen molar-refractivity contribution in [1.82, 2.24) is 9.47 Å². The molecule has 1 fully saturated rings. The first-order chi connectivity index (χ1) is 13.6. The number of carbonyl (C=O) groups excluding carboxylic acids is 3. The van der Waals surface area contributed by atoms with Gasteiger partial charge in [-0.1, -0.05) is 23.2 Å². The zero-order chi connectivity index (χ0) is 21.5. The van der Waals surface area contributed by atoms with Gasteiger partial charge in [0, 0.05) is 17.1 Å². The van der Waals surface area contributed by atoms with Gasteiger partial charge in [-0.3, -0.25) is 14.5 Å². The summed E-state index contributed by atoms with van der Waals surface area (Å²) in [5.74, 6) is -1.16. The predicted octanol–water partition coefficient (Wildman–Crippen LogP) is 5.00. The maximum Gasteiger partial charge on any atom is 0.328 e. The highest BCUT2D eigenvalue weighted by Gasteiger charge is 2.41. The number of hydrogen-bond donors (Lipinski definition) is 0. The molecule has 1 aromatic heterocycles. The Balaban J connectivity index is 1.98. The fraction of sp³-hybridized carbons (Fsp3) is 0.250. The highest BCUT2D eigenvalue weighted by molar-refractivity contribution is 8.18. The summed E-state index contributed by atoms with van der Waals surface area (Å²) < 4.78 is 6.62. The number of rotatable bonds is 4. The molecule has 6 nitrogen and oxygen atoms in total. The molecular weight excluding hydrogens is 435 g/mol. The molecule has 1 aliphatic heterocycles. The second kappa shape index (κ2) is 8.26. The van der Waals surface area contributed by atoms with Gasteiger partial charge in [0.1, 0.15) is 6.04 Å². The highest BCUT2D eigenvalue weighted by Crippen LogP contribution is 2.35. The summed E-state index contributed by atoms with van der Waals surface area (Å²) in [5.41, 5.74) is 3.41. The summed E-state index contributed by atoms with van der Waals surface area (Å²) in [6.45, 7) is 5.29. The van der Waals surface area contributed by atoms with Gasteiger partial charge >= 0.3 is 5.97 Å². The van der Waals surface area contributed by atoms with Crippen LogP contribution in [-0.2, 0) is 14.3 Å². The largest absolute Gasteiger partial charge is 0.467 e. The normalized spacial score (nSPS) is 16.6. The van der Waals surface area contributed by atoms with E-state index in [9.17, 15) is 14.4 Å². The van der Waals surface area contributed by atoms with Gasteiger partial charge in [-0.2, -0.15) is 0 Å². The SMILES string of the molecule is COC(=O)[C@H](C)N1C(=O)S/C(=C\c2cc(C)n(-c3ccc(Cl)c(Cl)c3)c2C)C1=O. The Labute approximate surface area is 182 Å². The summed E-state index contributed by atoms with van der Waals surface area (Å²) in [5, 5.41) is 0.403. The number of amides is 2. The molecule has 2 aromatic rings. The zero-order valence-corrected chi connectivity index (χ0v) is 18.5. The van der Waals surface area contributed by atoms with Crippen molar-refractivity contribution < 1.29 is 19.1 Å². The van der Waals surface area contributed by atoms with E-state index >= 15 is 0 Å². The van der Waals surface area contributed by atoms with Gasteiger partial charge in [-0.05, 0) is 68.4 Å². The van der Waals surface area contributed by atoms with Gasteiger partial charge in [0.2, 0.25) is 0 Å². The third-order valence-electron chi connectivity index (χ3n) is 4.67. The molecule has 1 atom stereocenters. The molecule has 1 aliphatic rings. The second-order valence-corrected chi connectivity index (χ2v) is 8.32. The van der Waals surface area contributed by atoms with Crippen molar-refractivity contribution in [1.29, 1.82) is 0 Å². The molecule has 152 valence electrons. The number of esters is 1. The van der Waals surface area contributed by atoms with Crippen LogP contribution in [0.3, 0.4) is 0 Å². The number of thioether (sulfide) groups is 1. The molecule has 0 aliphatic carbocycles. The van der Waals surface area contributed by atoms with Gasteiger partial charge in [-0.25, -0.2) is 4.79 Å². The van der Waals surface area contributed by atoms with E-state index in [1.807, 2.05) is 30.5 Å². The van der Waals surface area contributed by atoms with E-state index in [0.29, 0.717) is 10.0 Å². The van der Waals surface area contributed by atoms with Crippen molar-refractivity contribution in [3.05, 3.63) is 56.2 Å². The van der Waals surface area contributed by atoms with Crippen LogP contribution in [0, 0.1) is 13.8 Å². The van der Waals surface area contributed by atoms with Gasteiger partial charge in [0.15, 0.2) is 0 Å². The van der Waals surface area contributed by atoms with Crippen LogP contribution in [0.4, 0.5) is 4.79 Å². The van der Waals surface area contributed by atoms with Gasteiger partial charge in [-0.15, -0.1) is 0 Å². The lowest BCUT2D eigenvalue weighted by atomic mass is 10.2. The second-order valence-electron chi connectivity index (χ2n) is 6.51. The van der Waals surface area contributed by atoms with Crippen molar-refractivity contribution in [3.8, 4) is 5.69 Å². The molecule has 0 unspecified atom stereocenters. The Morgan fingerprint density at radius 2 is 1.86 bits per heavy atom. The Morgan fingerprint density at radius 1 is 1.17 bits per heavy atom. The first-order valence-corrected chi connectivity index (χ1v) is 10.2. The number of aromatic nitrogens is 1. The maximum atomic E-state index is 12.7. The predicted molar refractivity (Wildman–Crippen MR) is 115 cm³/mol. The molecule has 1 saturated heterocycles. The smallest absolute Gasteiger partial charge is 0.328 e. The summed E-state index contributed by atoms with van der Waals surface area (Å²) in [4.78, 5) is 37.9. The molecule has 3 rings (SSSR count). The van der Waals surface area contributed by atoms with Crippen LogP contribution < -0.4 is 0 Å². The Morgan fingerprint density at radius 3 is 2.48 bits per heavy atom. The first-order valence-electron chi connectivity index (χ1n) is 8.65. The Hall–Kier alpha value is -2.22. The van der Waals surface area contributed by atoms with Crippen molar-refractivity contribution in [2.45, 2.75) is 26.8 Å². The lowest BCUT2D eigenvalue weighted by Crippen LogP contribution is -2.42. The van der Waals surface area contributed by atoms with Gasteiger partial charge in [0.05, 0.1) is 22.1 Å². The van der Waals surface area contributed by atoms with Crippen LogP contribution in [0.1, 0.15) is 23.9 Å². The number of imide groups is 1. The molecule has 0 N–H and O–H groups in total. The first kappa shape index (κ1) is 21.5. The monoisotopic (exact) mass is 452 g/mol. The summed E-state index contributed by atoms with van der Waals surface area (Å²) in [7, 11) is 1.21. The third kappa shape index (κ3) is 3.95. The van der Waals surface area contributed by atoms with E-state index in [1.165, 1.54) is 14.0 Å². The van der Waals surface area contributed by atoms with Gasteiger partial charge < -0.3 is 9.30 Å². The van der Waals surface area contributed by atoms with Crippen LogP contribution >= 0.6 is 35.0 Å². The van der Waals surface area contributed by atoms with Crippen molar-refractivity contribution in [2.75, 3.05) is 7.11 Å². The third-order valence-corrected chi connectivity index (χ3v) is 6.29. The lowest BCUT2D eigenvalue weighted by molar-refractivity contribution is -0.148. The fourth-order valence-corrected chi connectivity index (χ4v) is 4.38. The number of nitrogens with zero attached hydrogens (tertiary/aromatic N) is 2. The van der Waals surface area contributed by atoms with Crippen LogP contribution in [0.25, 0.3) is 11.8 Å². The van der Waals surface area contributed by atoms with Crippen LogP contribution in [0.5, 0.6) is 0 Å². The van der Waals surface area contributed by atoms with E-state index in [4.69, 9.17) is 23.2 Å². The molecular formula is C20H18Cl2N2O4S. The average molecular weight is 453 g/mol. The quantitative estimate of drug-likeness (QED) is 0.482. The van der Waals surface area contributed by atoms with Crippen molar-refractivity contribution >= 4 is 58.2 Å². The Kier molecular flexibility index (Phi) is 6.12. The molecule has 2 heterocycles. The molecule has 0 saturated carbocycles. The van der Waals surface area contributed by atoms with E-state index in [-0.39, 0.29) is 4.91 Å². The van der Waals surface area contributed by atoms with E-state index in [0.717, 1.165) is 39.3 Å². The minimum atomic E-state index is -0.984. The van der Waals surface area contributed by atoms with Crippen LogP contribution in [0.2, 0.25) is 10.0 Å². The molecule has 29 heavy (non-hydrogen) atoms. The molecule has 1 aromatic carbocycles. The topological polar surface area (TPSA) is 68.6 Å². The van der Waals surface area contributed by atoms with Crippen molar-refractivity contribution in [2.24, 2.45) is 0 Å². The number of aryl methyl sites for hydroxylation is 1. The summed E-state index contributed by atoms with van der Waals surface area (Å²) in [6.07, 6.45) is 1.66. The average Bonchev–Trinajstić information content (AvgIpc) is 3.11. The summed E-state index contributed by atoms with van der Waals surface area (Å²) >= 11 is 13.0. The number of ether oxygens (including phenoxy) is 1. The van der Waals surface area contributed by atoms with Crippen LogP contribution in [-0.4, -0.2) is 39.7 Å². The van der Waals surface area contributed by atoms with E-state index in [2.05, 4.69) is 4.74 Å². The minimum Gasteiger partial charge on any atom is -0.467 e. The maximum absolute atomic E-state index is 12.7. The number of methoxy groups -OCH3 is 1. The minimum absolute atomic E-state index is 0.250. The number of benzene rings is 1. The number of halogens is 2. The zero-order valence-electron chi connectivity index (χ0n) is 16.2. The van der Waals surface area contributed by atoms with E-state index in [1.54, 1.807) is 18.2 Å². The van der Waals surface area contributed by atoms with Gasteiger partial charge in [0.25, 0.3) is 11.1 Å². The standard InChI is InChI=1S/C20H18Cl2N2O4S/c1-10-7-13(11(2)23(10)14-5-6-15(21)16(22)9-14)8-17-18(25)24(20(27)29-17)12(3)19(26)28-4/h5-9,12H,1-4H3/b17-8-/t12-/m0/s1. The molecule has 2 amide bonds. The molecule has 0 spiro atoms. The Bertz CT molecular complexity index is 1060. The van der Waals surface area contributed by atoms with Crippen LogP contribution in [0.15, 0.2) is 29.2 Å². The summed E-state index contributed by atoms with van der Waals surface area (Å²) in [6, 6.07) is 6.26.